The Bertz CT molecular complexity index is 731. The first-order chi connectivity index (χ1) is 10.3. The lowest BCUT2D eigenvalue weighted by molar-refractivity contribution is 0.524. The average molecular weight is 275 g/mol. The predicted octanol–water partition coefficient (Wildman–Crippen LogP) is 5.77. The predicted molar refractivity (Wildman–Crippen MR) is 88.1 cm³/mol. The third kappa shape index (κ3) is 2.73. The molecule has 0 atom stereocenters. The summed E-state index contributed by atoms with van der Waals surface area (Å²) in [6.45, 7) is 4.23. The normalized spacial score (nSPS) is 10.6. The summed E-state index contributed by atoms with van der Waals surface area (Å²) in [5.74, 6) is 1.92. The molecule has 0 bridgehead atoms. The lowest BCUT2D eigenvalue weighted by atomic mass is 9.96. The van der Waals surface area contributed by atoms with Gasteiger partial charge in [-0.3, -0.25) is 0 Å². The molecule has 0 radical (unpaired) electrons. The molecule has 1 heterocycles. The molecule has 2 aromatic carbocycles. The molecule has 0 unspecified atom stereocenters. The Balaban J connectivity index is 2.21. The molecular formula is C20H19O+. The molecule has 1 aromatic heterocycles. The van der Waals surface area contributed by atoms with Crippen LogP contribution >= 0.6 is 0 Å². The van der Waals surface area contributed by atoms with E-state index in [1.807, 2.05) is 24.3 Å². The highest BCUT2D eigenvalue weighted by Gasteiger charge is 2.21. The van der Waals surface area contributed by atoms with Crippen LogP contribution in [0, 0.1) is 6.92 Å². The van der Waals surface area contributed by atoms with E-state index in [9.17, 15) is 0 Å². The van der Waals surface area contributed by atoms with Crippen LogP contribution in [-0.2, 0) is 6.42 Å². The Morgan fingerprint density at radius 2 is 1.38 bits per heavy atom. The molecule has 0 spiro atoms. The van der Waals surface area contributed by atoms with E-state index in [0.29, 0.717) is 0 Å². The molecule has 0 amide bonds. The molecule has 21 heavy (non-hydrogen) atoms. The van der Waals surface area contributed by atoms with Gasteiger partial charge in [-0.25, -0.2) is 4.42 Å². The highest BCUT2D eigenvalue weighted by Crippen LogP contribution is 2.32. The van der Waals surface area contributed by atoms with Crippen LogP contribution in [0.3, 0.4) is 0 Å². The molecular weight excluding hydrogens is 256 g/mol. The first-order valence-electron chi connectivity index (χ1n) is 7.37. The van der Waals surface area contributed by atoms with Crippen LogP contribution in [0.1, 0.15) is 18.2 Å². The number of aryl methyl sites for hydroxylation is 1. The van der Waals surface area contributed by atoms with Crippen molar-refractivity contribution in [2.45, 2.75) is 20.3 Å². The lowest BCUT2D eigenvalue weighted by Crippen LogP contribution is -1.94. The van der Waals surface area contributed by atoms with Gasteiger partial charge < -0.3 is 0 Å². The topological polar surface area (TPSA) is 11.3 Å². The monoisotopic (exact) mass is 275 g/mol. The molecule has 0 fully saturated rings. The minimum atomic E-state index is 0.921. The lowest BCUT2D eigenvalue weighted by Gasteiger charge is -2.06. The second kappa shape index (κ2) is 5.92. The van der Waals surface area contributed by atoms with Crippen molar-refractivity contribution in [3.8, 4) is 22.5 Å². The van der Waals surface area contributed by atoms with Crippen molar-refractivity contribution in [1.29, 1.82) is 0 Å². The van der Waals surface area contributed by atoms with E-state index < -0.39 is 0 Å². The van der Waals surface area contributed by atoms with Gasteiger partial charge in [-0.05, 0) is 24.1 Å². The van der Waals surface area contributed by atoms with Crippen molar-refractivity contribution in [3.63, 3.8) is 0 Å². The largest absolute Gasteiger partial charge is 0.360 e. The minimum absolute atomic E-state index is 0.921. The van der Waals surface area contributed by atoms with E-state index in [1.54, 1.807) is 0 Å². The van der Waals surface area contributed by atoms with Gasteiger partial charge in [-0.1, -0.05) is 55.5 Å². The van der Waals surface area contributed by atoms with Crippen LogP contribution in [0.2, 0.25) is 0 Å². The Labute approximate surface area is 125 Å². The Morgan fingerprint density at radius 1 is 0.810 bits per heavy atom. The van der Waals surface area contributed by atoms with Gasteiger partial charge in [0.15, 0.2) is 0 Å². The first kappa shape index (κ1) is 13.6. The summed E-state index contributed by atoms with van der Waals surface area (Å²) in [5.41, 5.74) is 4.90. The van der Waals surface area contributed by atoms with Gasteiger partial charge in [0, 0.05) is 5.56 Å². The maximum Gasteiger partial charge on any atom is 0.360 e. The second-order valence-electron chi connectivity index (χ2n) is 5.14. The first-order valence-corrected chi connectivity index (χ1v) is 7.37. The van der Waals surface area contributed by atoms with Crippen LogP contribution < -0.4 is 0 Å². The summed E-state index contributed by atoms with van der Waals surface area (Å²) in [6.07, 6.45) is 0.967. The highest BCUT2D eigenvalue weighted by atomic mass is 16.3. The minimum Gasteiger partial charge on any atom is -0.212 e. The highest BCUT2D eigenvalue weighted by molar-refractivity contribution is 5.72. The average Bonchev–Trinajstić information content (AvgIpc) is 2.55. The zero-order valence-electron chi connectivity index (χ0n) is 12.5. The summed E-state index contributed by atoms with van der Waals surface area (Å²) in [5, 5.41) is 0. The summed E-state index contributed by atoms with van der Waals surface area (Å²) in [6, 6.07) is 22.9. The van der Waals surface area contributed by atoms with E-state index in [4.69, 9.17) is 4.42 Å². The molecule has 0 aliphatic carbocycles. The van der Waals surface area contributed by atoms with E-state index in [-0.39, 0.29) is 0 Å². The van der Waals surface area contributed by atoms with E-state index >= 15 is 0 Å². The van der Waals surface area contributed by atoms with Gasteiger partial charge in [-0.15, -0.1) is 0 Å². The maximum atomic E-state index is 6.05. The van der Waals surface area contributed by atoms with E-state index in [2.05, 4.69) is 56.3 Å². The van der Waals surface area contributed by atoms with Gasteiger partial charge in [0.05, 0.1) is 24.1 Å². The van der Waals surface area contributed by atoms with Gasteiger partial charge >= 0.3 is 11.5 Å². The number of benzene rings is 2. The summed E-state index contributed by atoms with van der Waals surface area (Å²) in [4.78, 5) is 0. The van der Waals surface area contributed by atoms with Crippen LogP contribution in [0.5, 0.6) is 0 Å². The van der Waals surface area contributed by atoms with Crippen LogP contribution in [0.25, 0.3) is 22.5 Å². The van der Waals surface area contributed by atoms with Crippen molar-refractivity contribution >= 4 is 0 Å². The van der Waals surface area contributed by atoms with E-state index in [0.717, 1.165) is 23.5 Å². The SMILES string of the molecule is CCc1c(-c2ccccc2)cc(-c2ccccc2)[o+]c1C. The fraction of sp³-hybridized carbons (Fsp3) is 0.150. The van der Waals surface area contributed by atoms with Crippen molar-refractivity contribution in [2.75, 3.05) is 0 Å². The third-order valence-electron chi connectivity index (χ3n) is 3.79. The number of rotatable bonds is 3. The fourth-order valence-corrected chi connectivity index (χ4v) is 2.72. The molecule has 3 aromatic rings. The molecule has 0 saturated carbocycles. The van der Waals surface area contributed by atoms with Crippen LogP contribution in [-0.4, -0.2) is 0 Å². The smallest absolute Gasteiger partial charge is 0.212 e. The third-order valence-corrected chi connectivity index (χ3v) is 3.79. The number of hydrogen-bond donors (Lipinski definition) is 0. The standard InChI is InChI=1S/C20H19O/c1-3-18-15(2)21-20(17-12-8-5-9-13-17)14-19(18)16-10-6-4-7-11-16/h4-14H,3H2,1-2H3/q+1. The van der Waals surface area contributed by atoms with Gasteiger partial charge in [0.2, 0.25) is 0 Å². The van der Waals surface area contributed by atoms with Crippen LogP contribution in [0.15, 0.2) is 71.1 Å². The Hall–Kier alpha value is -2.41. The summed E-state index contributed by atoms with van der Waals surface area (Å²) in [7, 11) is 0. The van der Waals surface area contributed by atoms with Crippen LogP contribution in [0.4, 0.5) is 0 Å². The zero-order valence-corrected chi connectivity index (χ0v) is 12.5. The Kier molecular flexibility index (Phi) is 3.83. The molecule has 0 saturated heterocycles. The molecule has 1 nitrogen and oxygen atoms in total. The van der Waals surface area contributed by atoms with Gasteiger partial charge in [-0.2, -0.15) is 0 Å². The molecule has 104 valence electrons. The van der Waals surface area contributed by atoms with Crippen molar-refractivity contribution in [1.82, 2.24) is 0 Å². The second-order valence-corrected chi connectivity index (χ2v) is 5.14. The van der Waals surface area contributed by atoms with Crippen molar-refractivity contribution in [3.05, 3.63) is 78.1 Å². The molecule has 0 aliphatic rings. The van der Waals surface area contributed by atoms with Gasteiger partial charge in [0.1, 0.15) is 0 Å². The van der Waals surface area contributed by atoms with Gasteiger partial charge in [0.25, 0.3) is 0 Å². The molecule has 0 N–H and O–H groups in total. The van der Waals surface area contributed by atoms with Crippen molar-refractivity contribution in [2.24, 2.45) is 0 Å². The van der Waals surface area contributed by atoms with Crippen molar-refractivity contribution < 1.29 is 4.42 Å². The maximum absolute atomic E-state index is 6.05. The molecule has 3 rings (SSSR count). The fourth-order valence-electron chi connectivity index (χ4n) is 2.72. The molecule has 0 aliphatic heterocycles. The van der Waals surface area contributed by atoms with E-state index in [1.165, 1.54) is 16.7 Å². The molecule has 1 heteroatoms. The summed E-state index contributed by atoms with van der Waals surface area (Å²) < 4.78 is 6.05. The Morgan fingerprint density at radius 3 is 1.95 bits per heavy atom. The number of hydrogen-bond acceptors (Lipinski definition) is 0. The summed E-state index contributed by atoms with van der Waals surface area (Å²) >= 11 is 0. The zero-order chi connectivity index (χ0) is 14.7. The quantitative estimate of drug-likeness (QED) is 0.553.